The molecule has 2 aliphatic carbocycles. The van der Waals surface area contributed by atoms with Crippen LogP contribution < -0.4 is 0 Å². The van der Waals surface area contributed by atoms with E-state index >= 15 is 0 Å². The molecule has 0 bridgehead atoms. The van der Waals surface area contributed by atoms with E-state index in [2.05, 4.69) is 40.8 Å². The average Bonchev–Trinajstić information content (AvgIpc) is 3.16. The minimum Gasteiger partial charge on any atom is -0.414 e. The van der Waals surface area contributed by atoms with Gasteiger partial charge in [0.05, 0.1) is 11.2 Å². The van der Waals surface area contributed by atoms with Crippen LogP contribution in [0.3, 0.4) is 0 Å². The van der Waals surface area contributed by atoms with Gasteiger partial charge in [0.1, 0.15) is 0 Å². The van der Waals surface area contributed by atoms with Gasteiger partial charge >= 0.3 is 0 Å². The van der Waals surface area contributed by atoms with Crippen LogP contribution in [0.1, 0.15) is 142 Å². The lowest BCUT2D eigenvalue weighted by Crippen LogP contribution is -2.50. The van der Waals surface area contributed by atoms with Crippen molar-refractivity contribution in [2.45, 2.75) is 161 Å². The second-order valence-electron chi connectivity index (χ2n) is 12.9. The summed E-state index contributed by atoms with van der Waals surface area (Å²) in [5.41, 5.74) is -5.88. The molecule has 196 valence electrons. The topological polar surface area (TPSA) is 49.7 Å². The van der Waals surface area contributed by atoms with Crippen LogP contribution in [0.2, 0.25) is 18.1 Å². The normalized spacial score (nSPS) is 36.5. The Labute approximate surface area is 224 Å². The van der Waals surface area contributed by atoms with Gasteiger partial charge in [0.2, 0.25) is 0 Å². The fourth-order valence-corrected chi connectivity index (χ4v) is 7.81. The molecule has 0 spiro atoms. The second kappa shape index (κ2) is 10.6. The van der Waals surface area contributed by atoms with Crippen LogP contribution >= 0.6 is 0 Å². The van der Waals surface area contributed by atoms with E-state index in [0.717, 1.165) is 32.1 Å². The molecule has 2 N–H and O–H groups in total. The second-order valence-corrected chi connectivity index (χ2v) is 17.6. The number of fused-ring (bicyclic) bond motifs is 1. The van der Waals surface area contributed by atoms with E-state index in [-0.39, 0.29) is 47.2 Å². The lowest BCUT2D eigenvalue weighted by Gasteiger charge is -2.50. The molecule has 2 saturated carbocycles. The number of rotatable bonds is 11. The van der Waals surface area contributed by atoms with Crippen molar-refractivity contribution >= 4 is 8.32 Å². The Bertz CT molecular complexity index is 911. The average molecular weight is 495 g/mol. The Balaban J connectivity index is 2.39. The third-order valence-corrected chi connectivity index (χ3v) is 13.7. The molecule has 0 aromatic rings. The van der Waals surface area contributed by atoms with Crippen molar-refractivity contribution in [3.05, 3.63) is 0 Å². The van der Waals surface area contributed by atoms with Crippen LogP contribution in [0.15, 0.2) is 0 Å². The van der Waals surface area contributed by atoms with E-state index in [0.29, 0.717) is 12.8 Å². The number of hydrogen-bond donors (Lipinski definition) is 2. The highest BCUT2D eigenvalue weighted by molar-refractivity contribution is 6.74. The molecule has 2 fully saturated rings. The first-order valence-electron chi connectivity index (χ1n) is 19.0. The van der Waals surface area contributed by atoms with Crippen molar-refractivity contribution in [1.82, 2.24) is 0 Å². The third kappa shape index (κ3) is 8.05. The highest BCUT2D eigenvalue weighted by Crippen LogP contribution is 2.60. The van der Waals surface area contributed by atoms with Crippen LogP contribution in [0.4, 0.5) is 0 Å². The molecule has 0 aliphatic heterocycles. The van der Waals surface area contributed by atoms with Crippen LogP contribution in [0, 0.1) is 23.2 Å². The van der Waals surface area contributed by atoms with Gasteiger partial charge in [-0.1, -0.05) is 59.8 Å². The molecule has 0 radical (unpaired) electrons. The number of aliphatic hydroxyl groups is 2. The van der Waals surface area contributed by atoms with Crippen LogP contribution in [0.25, 0.3) is 0 Å². The Morgan fingerprint density at radius 1 is 0.970 bits per heavy atom. The molecule has 2 rings (SSSR count). The van der Waals surface area contributed by atoms with Crippen molar-refractivity contribution in [2.24, 2.45) is 23.2 Å². The van der Waals surface area contributed by atoms with Gasteiger partial charge in [-0.15, -0.1) is 0 Å². The summed E-state index contributed by atoms with van der Waals surface area (Å²) in [6, 6.07) is 0. The Hall–Kier alpha value is 0.0969. The molecule has 2 aliphatic rings. The summed E-state index contributed by atoms with van der Waals surface area (Å²) < 4.78 is 100. The SMILES string of the molecule is [2H]C([2H])([2H])C(O)(CCCC(CCCC(O)(C([2H])([2H])[2H])C([2H])([2H])[2H])[C@H]1CC[C@H]2[C@@H](O[Si](C)(C)C(C)(C)C)CCC[C@]12C)C([2H])([2H])[2H]. The summed E-state index contributed by atoms with van der Waals surface area (Å²) >= 11 is 0. The van der Waals surface area contributed by atoms with E-state index in [1.165, 1.54) is 0 Å². The molecule has 0 aromatic carbocycles. The predicted molar refractivity (Wildman–Crippen MR) is 144 cm³/mol. The quantitative estimate of drug-likeness (QED) is 0.285. The van der Waals surface area contributed by atoms with Gasteiger partial charge in [-0.2, -0.15) is 0 Å². The Kier molecular flexibility index (Phi) is 5.16. The largest absolute Gasteiger partial charge is 0.414 e. The van der Waals surface area contributed by atoms with Gasteiger partial charge in [-0.05, 0) is 107 Å². The molecular weight excluding hydrogens is 424 g/mol. The summed E-state index contributed by atoms with van der Waals surface area (Å²) in [4.78, 5) is 0. The molecule has 33 heavy (non-hydrogen) atoms. The molecule has 0 heterocycles. The zero-order valence-corrected chi connectivity index (χ0v) is 22.9. The van der Waals surface area contributed by atoms with Crippen molar-refractivity contribution in [1.29, 1.82) is 0 Å². The van der Waals surface area contributed by atoms with Crippen LogP contribution in [-0.2, 0) is 4.43 Å². The summed E-state index contributed by atoms with van der Waals surface area (Å²) in [6.07, 6.45) is 4.86. The molecule has 4 heteroatoms. The van der Waals surface area contributed by atoms with E-state index in [1.807, 2.05) is 0 Å². The fraction of sp³-hybridized carbons (Fsp3) is 1.00. The first-order valence-corrected chi connectivity index (χ1v) is 15.9. The van der Waals surface area contributed by atoms with E-state index in [1.54, 1.807) is 0 Å². The van der Waals surface area contributed by atoms with E-state index < -0.39 is 59.8 Å². The molecular formula is C29H58O3Si. The molecule has 0 unspecified atom stereocenters. The Morgan fingerprint density at radius 2 is 1.52 bits per heavy atom. The van der Waals surface area contributed by atoms with Gasteiger partial charge in [-0.3, -0.25) is 0 Å². The highest BCUT2D eigenvalue weighted by Gasteiger charge is 2.54. The van der Waals surface area contributed by atoms with Gasteiger partial charge in [0.25, 0.3) is 0 Å². The molecule has 3 nitrogen and oxygen atoms in total. The van der Waals surface area contributed by atoms with Gasteiger partial charge < -0.3 is 14.6 Å². The first kappa shape index (κ1) is 16.0. The fourth-order valence-electron chi connectivity index (χ4n) is 6.42. The van der Waals surface area contributed by atoms with Crippen molar-refractivity contribution in [3.8, 4) is 0 Å². The first-order chi connectivity index (χ1) is 19.9. The molecule has 0 saturated heterocycles. The van der Waals surface area contributed by atoms with Gasteiger partial charge in [-0.25, -0.2) is 0 Å². The summed E-state index contributed by atoms with van der Waals surface area (Å²) in [7, 11) is -2.06. The maximum absolute atomic E-state index is 10.9. The van der Waals surface area contributed by atoms with E-state index in [4.69, 9.17) is 20.9 Å². The zero-order valence-electron chi connectivity index (χ0n) is 33.9. The van der Waals surface area contributed by atoms with E-state index in [9.17, 15) is 10.2 Å². The van der Waals surface area contributed by atoms with Crippen molar-refractivity contribution in [2.75, 3.05) is 0 Å². The van der Waals surface area contributed by atoms with Gasteiger partial charge in [0.15, 0.2) is 8.32 Å². The standard InChI is InChI=1S/C29H58O3Si/c1-26(2,3)33(9,10)32-25-16-13-21-29(8)23(17-18-24(25)29)22(14-11-19-27(4,5)30)15-12-20-28(6,7)31/h22-25,30-31H,11-21H2,1-10H3/t23-,24+,25+,29-/m1/s1/i4D3,5D3,6D3,7D3. The zero-order chi connectivity index (χ0) is 35.3. The van der Waals surface area contributed by atoms with Crippen molar-refractivity contribution in [3.63, 3.8) is 0 Å². The highest BCUT2D eigenvalue weighted by atomic mass is 28.4. The smallest absolute Gasteiger partial charge is 0.192 e. The maximum Gasteiger partial charge on any atom is 0.192 e. The lowest BCUT2D eigenvalue weighted by atomic mass is 9.60. The monoisotopic (exact) mass is 494 g/mol. The maximum atomic E-state index is 10.9. The van der Waals surface area contributed by atoms with Crippen LogP contribution in [-0.4, -0.2) is 35.8 Å². The number of hydrogen-bond acceptors (Lipinski definition) is 3. The molecule has 0 amide bonds. The third-order valence-electron chi connectivity index (χ3n) is 9.18. The summed E-state index contributed by atoms with van der Waals surface area (Å²) in [5.74, 6) is 0.285. The lowest BCUT2D eigenvalue weighted by molar-refractivity contribution is -0.0259. The minimum atomic E-state index is -3.12. The van der Waals surface area contributed by atoms with Crippen LogP contribution in [0.5, 0.6) is 0 Å². The summed E-state index contributed by atoms with van der Waals surface area (Å²) in [5, 5.41) is 21.8. The Morgan fingerprint density at radius 3 is 2.00 bits per heavy atom. The molecule has 4 atom stereocenters. The predicted octanol–water partition coefficient (Wildman–Crippen LogP) is 8.09. The van der Waals surface area contributed by atoms with Gasteiger partial charge in [0, 0.05) is 22.6 Å². The minimum absolute atomic E-state index is 0.0477. The van der Waals surface area contributed by atoms with Crippen molar-refractivity contribution < 1.29 is 31.1 Å². The summed E-state index contributed by atoms with van der Waals surface area (Å²) in [6.45, 7) is 0.946. The molecule has 0 aromatic heterocycles.